The molecular formula is C12H10Cl2N2O2. The molecule has 4 nitrogen and oxygen atoms in total. The monoisotopic (exact) mass is 284 g/mol. The minimum atomic E-state index is -0.393. The lowest BCUT2D eigenvalue weighted by Crippen LogP contribution is -2.23. The van der Waals surface area contributed by atoms with Crippen molar-refractivity contribution in [3.63, 3.8) is 0 Å². The number of ether oxygens (including phenoxy) is 1. The molecule has 0 aliphatic rings. The number of hydrogen-bond donors (Lipinski definition) is 0. The molecule has 0 radical (unpaired) electrons. The first-order chi connectivity index (χ1) is 8.65. The van der Waals surface area contributed by atoms with E-state index in [-0.39, 0.29) is 6.73 Å². The van der Waals surface area contributed by atoms with Crippen molar-refractivity contribution >= 4 is 23.2 Å². The van der Waals surface area contributed by atoms with Gasteiger partial charge in [0.1, 0.15) is 6.73 Å². The van der Waals surface area contributed by atoms with Crippen LogP contribution in [0.5, 0.6) is 0 Å². The summed E-state index contributed by atoms with van der Waals surface area (Å²) in [5.41, 5.74) is 0.581. The molecule has 0 unspecified atom stereocenters. The molecule has 0 N–H and O–H groups in total. The second kappa shape index (κ2) is 6.00. The van der Waals surface area contributed by atoms with Gasteiger partial charge in [0.15, 0.2) is 0 Å². The van der Waals surface area contributed by atoms with E-state index in [2.05, 4.69) is 4.98 Å². The molecule has 0 aliphatic heterocycles. The largest absolute Gasteiger partial charge is 0.356 e. The highest BCUT2D eigenvalue weighted by molar-refractivity contribution is 6.30. The van der Waals surface area contributed by atoms with Gasteiger partial charge in [0.05, 0.1) is 17.8 Å². The Kier molecular flexibility index (Phi) is 4.36. The summed E-state index contributed by atoms with van der Waals surface area (Å²) in [7, 11) is 0. The van der Waals surface area contributed by atoms with E-state index in [1.165, 1.54) is 17.0 Å². The summed E-state index contributed by atoms with van der Waals surface area (Å²) in [5, 5.41) is 1.07. The van der Waals surface area contributed by atoms with Crippen LogP contribution in [0.15, 0.2) is 41.5 Å². The van der Waals surface area contributed by atoms with E-state index < -0.39 is 5.69 Å². The molecule has 0 saturated carbocycles. The van der Waals surface area contributed by atoms with Crippen molar-refractivity contribution in [3.8, 4) is 0 Å². The molecule has 0 bridgehead atoms. The molecule has 0 atom stereocenters. The molecule has 1 aromatic heterocycles. The molecule has 1 aromatic carbocycles. The average Bonchev–Trinajstić information content (AvgIpc) is 2.36. The number of rotatable bonds is 4. The predicted octanol–water partition coefficient (Wildman–Crippen LogP) is 2.72. The summed E-state index contributed by atoms with van der Waals surface area (Å²) in [6, 6.07) is 7.30. The Morgan fingerprint density at radius 3 is 2.61 bits per heavy atom. The van der Waals surface area contributed by atoms with E-state index >= 15 is 0 Å². The maximum absolute atomic E-state index is 11.4. The minimum absolute atomic E-state index is 0.106. The fraction of sp³-hybridized carbons (Fsp3) is 0.167. The highest BCUT2D eigenvalue weighted by Crippen LogP contribution is 2.10. The normalized spacial score (nSPS) is 10.6. The van der Waals surface area contributed by atoms with Crippen molar-refractivity contribution in [3.05, 3.63) is 62.8 Å². The quantitative estimate of drug-likeness (QED) is 0.867. The first-order valence-electron chi connectivity index (χ1n) is 5.19. The standard InChI is InChI=1S/C12H10Cl2N2O2/c13-10-3-1-9(2-4-10)7-18-8-16-6-11(14)5-15-12(16)17/h1-6H,7-8H2. The van der Waals surface area contributed by atoms with Crippen molar-refractivity contribution in [1.29, 1.82) is 0 Å². The molecule has 2 aromatic rings. The second-order valence-corrected chi connectivity index (χ2v) is 4.50. The molecule has 0 amide bonds. The van der Waals surface area contributed by atoms with E-state index in [1.54, 1.807) is 12.1 Å². The first kappa shape index (κ1) is 13.1. The predicted molar refractivity (Wildman–Crippen MR) is 69.7 cm³/mol. The lowest BCUT2D eigenvalue weighted by Gasteiger charge is -2.06. The van der Waals surface area contributed by atoms with Crippen LogP contribution >= 0.6 is 23.2 Å². The Hall–Kier alpha value is -1.36. The lowest BCUT2D eigenvalue weighted by molar-refractivity contribution is 0.0609. The summed E-state index contributed by atoms with van der Waals surface area (Å²) < 4.78 is 6.71. The third-order valence-electron chi connectivity index (χ3n) is 2.24. The van der Waals surface area contributed by atoms with Gasteiger partial charge in [-0.15, -0.1) is 0 Å². The number of aromatic nitrogens is 2. The zero-order valence-corrected chi connectivity index (χ0v) is 10.9. The minimum Gasteiger partial charge on any atom is -0.356 e. The summed E-state index contributed by atoms with van der Waals surface area (Å²) in [4.78, 5) is 14.9. The number of hydrogen-bond acceptors (Lipinski definition) is 3. The zero-order chi connectivity index (χ0) is 13.0. The SMILES string of the molecule is O=c1ncc(Cl)cn1COCc1ccc(Cl)cc1. The van der Waals surface area contributed by atoms with Crippen LogP contribution in [0, 0.1) is 0 Å². The zero-order valence-electron chi connectivity index (χ0n) is 9.35. The summed E-state index contributed by atoms with van der Waals surface area (Å²) in [6.45, 7) is 0.491. The first-order valence-corrected chi connectivity index (χ1v) is 5.95. The van der Waals surface area contributed by atoms with Crippen LogP contribution in [-0.4, -0.2) is 9.55 Å². The van der Waals surface area contributed by atoms with Crippen LogP contribution in [0.1, 0.15) is 5.56 Å². The van der Waals surface area contributed by atoms with Crippen molar-refractivity contribution in [2.75, 3.05) is 0 Å². The van der Waals surface area contributed by atoms with Gasteiger partial charge in [-0.25, -0.2) is 4.79 Å². The summed E-state index contributed by atoms with van der Waals surface area (Å²) >= 11 is 11.5. The van der Waals surface area contributed by atoms with E-state index in [1.807, 2.05) is 12.1 Å². The van der Waals surface area contributed by atoms with Crippen molar-refractivity contribution in [2.45, 2.75) is 13.3 Å². The molecule has 2 rings (SSSR count). The van der Waals surface area contributed by atoms with Crippen molar-refractivity contribution in [1.82, 2.24) is 9.55 Å². The Labute approximate surface area is 114 Å². The van der Waals surface area contributed by atoms with Crippen LogP contribution in [0.25, 0.3) is 0 Å². The fourth-order valence-corrected chi connectivity index (χ4v) is 1.66. The average molecular weight is 285 g/mol. The van der Waals surface area contributed by atoms with Crippen LogP contribution in [-0.2, 0) is 18.1 Å². The topological polar surface area (TPSA) is 44.1 Å². The number of nitrogens with zero attached hydrogens (tertiary/aromatic N) is 2. The second-order valence-electron chi connectivity index (χ2n) is 3.63. The van der Waals surface area contributed by atoms with Gasteiger partial charge in [0, 0.05) is 11.2 Å². The molecule has 0 spiro atoms. The Morgan fingerprint density at radius 2 is 1.89 bits per heavy atom. The van der Waals surface area contributed by atoms with Crippen molar-refractivity contribution < 1.29 is 4.74 Å². The van der Waals surface area contributed by atoms with Gasteiger partial charge < -0.3 is 4.74 Å². The molecule has 18 heavy (non-hydrogen) atoms. The van der Waals surface area contributed by atoms with Crippen LogP contribution in [0.4, 0.5) is 0 Å². The molecule has 0 saturated heterocycles. The third-order valence-corrected chi connectivity index (χ3v) is 2.68. The molecule has 1 heterocycles. The smallest absolute Gasteiger partial charge is 0.349 e. The van der Waals surface area contributed by atoms with Gasteiger partial charge in [0.25, 0.3) is 0 Å². The lowest BCUT2D eigenvalue weighted by atomic mass is 10.2. The van der Waals surface area contributed by atoms with E-state index in [9.17, 15) is 4.79 Å². The van der Waals surface area contributed by atoms with Gasteiger partial charge >= 0.3 is 5.69 Å². The highest BCUT2D eigenvalue weighted by atomic mass is 35.5. The van der Waals surface area contributed by atoms with Crippen molar-refractivity contribution in [2.24, 2.45) is 0 Å². The van der Waals surface area contributed by atoms with Gasteiger partial charge in [-0.05, 0) is 17.7 Å². The maximum atomic E-state index is 11.4. The van der Waals surface area contributed by atoms with E-state index in [0.29, 0.717) is 16.7 Å². The van der Waals surface area contributed by atoms with Crippen LogP contribution < -0.4 is 5.69 Å². The summed E-state index contributed by atoms with van der Waals surface area (Å²) in [6.07, 6.45) is 2.79. The van der Waals surface area contributed by atoms with Gasteiger partial charge in [-0.1, -0.05) is 35.3 Å². The molecule has 94 valence electrons. The number of benzene rings is 1. The van der Waals surface area contributed by atoms with Crippen LogP contribution in [0.3, 0.4) is 0 Å². The third kappa shape index (κ3) is 3.57. The Bertz CT molecular complexity index is 581. The Balaban J connectivity index is 1.94. The van der Waals surface area contributed by atoms with Gasteiger partial charge in [0.2, 0.25) is 0 Å². The van der Waals surface area contributed by atoms with E-state index in [0.717, 1.165) is 5.56 Å². The van der Waals surface area contributed by atoms with Crippen LogP contribution in [0.2, 0.25) is 10.0 Å². The highest BCUT2D eigenvalue weighted by Gasteiger charge is 1.99. The maximum Gasteiger partial charge on any atom is 0.349 e. The number of halogens is 2. The molecule has 0 fully saturated rings. The van der Waals surface area contributed by atoms with Gasteiger partial charge in [-0.3, -0.25) is 4.57 Å². The molecule has 0 aliphatic carbocycles. The summed E-state index contributed by atoms with van der Waals surface area (Å²) in [5.74, 6) is 0. The Morgan fingerprint density at radius 1 is 1.17 bits per heavy atom. The van der Waals surface area contributed by atoms with Gasteiger partial charge in [-0.2, -0.15) is 4.98 Å². The van der Waals surface area contributed by atoms with E-state index in [4.69, 9.17) is 27.9 Å². The fourth-order valence-electron chi connectivity index (χ4n) is 1.36. The molecular weight excluding hydrogens is 275 g/mol. The molecule has 6 heteroatoms.